The summed E-state index contributed by atoms with van der Waals surface area (Å²) in [7, 11) is 0. The van der Waals surface area contributed by atoms with Crippen molar-refractivity contribution in [3.05, 3.63) is 53.5 Å². The summed E-state index contributed by atoms with van der Waals surface area (Å²) in [5, 5.41) is 3.53. The second-order valence-electron chi connectivity index (χ2n) is 7.15. The van der Waals surface area contributed by atoms with Crippen molar-refractivity contribution in [3.63, 3.8) is 0 Å². The Morgan fingerprint density at radius 1 is 1.20 bits per heavy atom. The highest BCUT2D eigenvalue weighted by atomic mass is 16.5. The van der Waals surface area contributed by atoms with Crippen LogP contribution in [0, 0.1) is 6.92 Å². The van der Waals surface area contributed by atoms with Crippen molar-refractivity contribution in [2.75, 3.05) is 13.1 Å². The Balaban J connectivity index is 1.36. The maximum absolute atomic E-state index is 6.28. The van der Waals surface area contributed by atoms with Gasteiger partial charge < -0.3 is 10.1 Å². The van der Waals surface area contributed by atoms with E-state index in [1.54, 1.807) is 0 Å². The van der Waals surface area contributed by atoms with E-state index in [0.717, 1.165) is 49.9 Å². The standard InChI is InChI=1S/C20H26N4O/c1-15-21-11-17(12-22-18-7-8-18)20(23-15)25-19-9-10-24(14-19)13-16-5-3-2-4-6-16/h2-6,11,18-19,22H,7-10,12-14H2,1H3. The van der Waals surface area contributed by atoms with Crippen LogP contribution in [-0.4, -0.2) is 40.1 Å². The Morgan fingerprint density at radius 3 is 2.84 bits per heavy atom. The number of nitrogens with zero attached hydrogens (tertiary/aromatic N) is 3. The highest BCUT2D eigenvalue weighted by Crippen LogP contribution is 2.24. The molecule has 0 spiro atoms. The third-order valence-electron chi connectivity index (χ3n) is 4.86. The monoisotopic (exact) mass is 338 g/mol. The van der Waals surface area contributed by atoms with Crippen molar-refractivity contribution in [3.8, 4) is 5.88 Å². The van der Waals surface area contributed by atoms with Gasteiger partial charge >= 0.3 is 0 Å². The number of likely N-dealkylation sites (tertiary alicyclic amines) is 1. The van der Waals surface area contributed by atoms with E-state index in [1.807, 2.05) is 13.1 Å². The molecule has 1 aromatic carbocycles. The molecule has 0 radical (unpaired) electrons. The summed E-state index contributed by atoms with van der Waals surface area (Å²) in [6, 6.07) is 11.3. The average molecular weight is 338 g/mol. The minimum atomic E-state index is 0.206. The molecule has 1 aliphatic carbocycles. The van der Waals surface area contributed by atoms with Crippen LogP contribution in [0.3, 0.4) is 0 Å². The van der Waals surface area contributed by atoms with Crippen LogP contribution in [0.5, 0.6) is 5.88 Å². The zero-order valence-corrected chi connectivity index (χ0v) is 14.8. The Hall–Kier alpha value is -1.98. The molecular formula is C20H26N4O. The molecule has 4 rings (SSSR count). The summed E-state index contributed by atoms with van der Waals surface area (Å²) in [5.74, 6) is 1.52. The minimum Gasteiger partial charge on any atom is -0.473 e. The van der Waals surface area contributed by atoms with Crippen LogP contribution in [0.15, 0.2) is 36.5 Å². The van der Waals surface area contributed by atoms with Gasteiger partial charge in [0.05, 0.1) is 0 Å². The zero-order chi connectivity index (χ0) is 17.1. The van der Waals surface area contributed by atoms with E-state index >= 15 is 0 Å². The van der Waals surface area contributed by atoms with E-state index in [2.05, 4.69) is 50.5 Å². The number of hydrogen-bond donors (Lipinski definition) is 1. The Labute approximate surface area is 149 Å². The molecule has 5 heteroatoms. The number of aromatic nitrogens is 2. The van der Waals surface area contributed by atoms with Gasteiger partial charge in [-0.05, 0) is 31.7 Å². The summed E-state index contributed by atoms with van der Waals surface area (Å²) >= 11 is 0. The minimum absolute atomic E-state index is 0.206. The second-order valence-corrected chi connectivity index (χ2v) is 7.15. The number of aryl methyl sites for hydroxylation is 1. The lowest BCUT2D eigenvalue weighted by Gasteiger charge is -2.18. The van der Waals surface area contributed by atoms with Crippen LogP contribution in [0.2, 0.25) is 0 Å². The first kappa shape index (κ1) is 16.5. The van der Waals surface area contributed by atoms with Crippen LogP contribution in [0.4, 0.5) is 0 Å². The molecule has 132 valence electrons. The Bertz CT molecular complexity index is 702. The molecule has 1 N–H and O–H groups in total. The fourth-order valence-corrected chi connectivity index (χ4v) is 3.28. The van der Waals surface area contributed by atoms with Crippen molar-refractivity contribution in [2.45, 2.75) is 51.4 Å². The molecule has 0 amide bonds. The molecule has 1 saturated carbocycles. The number of hydrogen-bond acceptors (Lipinski definition) is 5. The maximum atomic E-state index is 6.28. The molecule has 1 atom stereocenters. The fourth-order valence-electron chi connectivity index (χ4n) is 3.28. The molecule has 2 fully saturated rings. The summed E-state index contributed by atoms with van der Waals surface area (Å²) < 4.78 is 6.28. The lowest BCUT2D eigenvalue weighted by molar-refractivity contribution is 0.188. The van der Waals surface area contributed by atoms with Crippen molar-refractivity contribution in [1.29, 1.82) is 0 Å². The maximum Gasteiger partial charge on any atom is 0.221 e. The van der Waals surface area contributed by atoms with Crippen molar-refractivity contribution in [2.24, 2.45) is 0 Å². The first-order valence-electron chi connectivity index (χ1n) is 9.25. The van der Waals surface area contributed by atoms with Gasteiger partial charge in [0.25, 0.3) is 0 Å². The Morgan fingerprint density at radius 2 is 2.04 bits per heavy atom. The summed E-state index contributed by atoms with van der Waals surface area (Å²) in [5.41, 5.74) is 2.43. The molecule has 1 saturated heterocycles. The van der Waals surface area contributed by atoms with Gasteiger partial charge in [0, 0.05) is 44.0 Å². The van der Waals surface area contributed by atoms with Gasteiger partial charge in [-0.2, -0.15) is 4.98 Å². The van der Waals surface area contributed by atoms with E-state index in [9.17, 15) is 0 Å². The first-order chi connectivity index (χ1) is 12.3. The van der Waals surface area contributed by atoms with Gasteiger partial charge in [-0.15, -0.1) is 0 Å². The topological polar surface area (TPSA) is 50.3 Å². The largest absolute Gasteiger partial charge is 0.473 e. The predicted octanol–water partition coefficient (Wildman–Crippen LogP) is 2.69. The number of benzene rings is 1. The summed E-state index contributed by atoms with van der Waals surface area (Å²) in [4.78, 5) is 11.3. The van der Waals surface area contributed by atoms with Crippen LogP contribution in [-0.2, 0) is 13.1 Å². The molecule has 1 unspecified atom stereocenters. The molecule has 1 aliphatic heterocycles. The molecule has 2 aromatic rings. The van der Waals surface area contributed by atoms with Crippen LogP contribution in [0.1, 0.15) is 36.2 Å². The van der Waals surface area contributed by atoms with Crippen LogP contribution < -0.4 is 10.1 Å². The highest BCUT2D eigenvalue weighted by molar-refractivity contribution is 5.24. The number of rotatable bonds is 7. The molecule has 1 aromatic heterocycles. The van der Waals surface area contributed by atoms with Gasteiger partial charge in [0.1, 0.15) is 11.9 Å². The number of ether oxygens (including phenoxy) is 1. The van der Waals surface area contributed by atoms with Gasteiger partial charge in [0.15, 0.2) is 0 Å². The van der Waals surface area contributed by atoms with Crippen LogP contribution in [0.25, 0.3) is 0 Å². The smallest absolute Gasteiger partial charge is 0.221 e. The van der Waals surface area contributed by atoms with Gasteiger partial charge in [-0.25, -0.2) is 4.98 Å². The lowest BCUT2D eigenvalue weighted by Crippen LogP contribution is -2.26. The molecule has 2 heterocycles. The quantitative estimate of drug-likeness (QED) is 0.841. The van der Waals surface area contributed by atoms with Crippen molar-refractivity contribution in [1.82, 2.24) is 20.2 Å². The third kappa shape index (κ3) is 4.55. The summed E-state index contributed by atoms with van der Waals surface area (Å²) in [6.45, 7) is 5.72. The molecule has 5 nitrogen and oxygen atoms in total. The van der Waals surface area contributed by atoms with Crippen LogP contribution >= 0.6 is 0 Å². The van der Waals surface area contributed by atoms with Gasteiger partial charge in [-0.3, -0.25) is 4.90 Å². The van der Waals surface area contributed by atoms with E-state index in [-0.39, 0.29) is 6.10 Å². The third-order valence-corrected chi connectivity index (χ3v) is 4.86. The normalized spacial score (nSPS) is 20.8. The van der Waals surface area contributed by atoms with Crippen molar-refractivity contribution >= 4 is 0 Å². The van der Waals surface area contributed by atoms with Gasteiger partial charge in [0.2, 0.25) is 5.88 Å². The van der Waals surface area contributed by atoms with Gasteiger partial charge in [-0.1, -0.05) is 30.3 Å². The number of nitrogens with one attached hydrogen (secondary N) is 1. The Kier molecular flexibility index (Phi) is 4.95. The summed E-state index contributed by atoms with van der Waals surface area (Å²) in [6.07, 6.45) is 5.72. The molecule has 2 aliphatic rings. The highest BCUT2D eigenvalue weighted by Gasteiger charge is 2.26. The molecule has 25 heavy (non-hydrogen) atoms. The molecular weight excluding hydrogens is 312 g/mol. The van der Waals surface area contributed by atoms with E-state index in [4.69, 9.17) is 4.74 Å². The SMILES string of the molecule is Cc1ncc(CNC2CC2)c(OC2CCN(Cc3ccccc3)C2)n1. The van der Waals surface area contributed by atoms with E-state index < -0.39 is 0 Å². The van der Waals surface area contributed by atoms with E-state index in [0.29, 0.717) is 6.04 Å². The fraction of sp³-hybridized carbons (Fsp3) is 0.500. The zero-order valence-electron chi connectivity index (χ0n) is 14.8. The predicted molar refractivity (Wildman–Crippen MR) is 97.4 cm³/mol. The average Bonchev–Trinajstić information content (AvgIpc) is 3.35. The lowest BCUT2D eigenvalue weighted by atomic mass is 10.2. The van der Waals surface area contributed by atoms with Crippen molar-refractivity contribution < 1.29 is 4.74 Å². The molecule has 0 bridgehead atoms. The second kappa shape index (κ2) is 7.50. The van der Waals surface area contributed by atoms with E-state index in [1.165, 1.54) is 18.4 Å². The first-order valence-corrected chi connectivity index (χ1v) is 9.25.